The number of hydrogen-bond donors (Lipinski definition) is 0. The molecule has 1 aromatic heterocycles. The Bertz CT molecular complexity index is 1070. The van der Waals surface area contributed by atoms with Gasteiger partial charge in [-0.25, -0.2) is 4.98 Å². The van der Waals surface area contributed by atoms with E-state index < -0.39 is 4.33 Å². The van der Waals surface area contributed by atoms with Gasteiger partial charge in [0.2, 0.25) is 5.91 Å². The van der Waals surface area contributed by atoms with Crippen molar-refractivity contribution < 1.29 is 4.79 Å². The lowest BCUT2D eigenvalue weighted by Crippen LogP contribution is -2.24. The minimum atomic E-state index is -0.637. The monoisotopic (exact) mass is 413 g/mol. The van der Waals surface area contributed by atoms with E-state index in [-0.39, 0.29) is 17.7 Å². The van der Waals surface area contributed by atoms with E-state index >= 15 is 0 Å². The van der Waals surface area contributed by atoms with Crippen LogP contribution < -0.4 is 4.90 Å². The number of imidazole rings is 1. The molecule has 3 aromatic rings. The molecule has 0 spiro atoms. The average Bonchev–Trinajstić information content (AvgIpc) is 2.98. The van der Waals surface area contributed by atoms with Crippen LogP contribution in [0.4, 0.5) is 5.69 Å². The van der Waals surface area contributed by atoms with Crippen LogP contribution in [0, 0.1) is 12.8 Å². The van der Waals surface area contributed by atoms with E-state index in [0.717, 1.165) is 41.1 Å². The first-order valence-corrected chi connectivity index (χ1v) is 10.4. The zero-order chi connectivity index (χ0) is 19.5. The summed E-state index contributed by atoms with van der Waals surface area (Å²) in [7, 11) is 0. The summed E-state index contributed by atoms with van der Waals surface area (Å²) in [6.07, 6.45) is 1.26. The molecule has 0 bridgehead atoms. The number of anilines is 1. The van der Waals surface area contributed by atoms with Crippen LogP contribution in [-0.2, 0) is 11.3 Å². The average molecular weight is 414 g/mol. The van der Waals surface area contributed by atoms with Gasteiger partial charge in [-0.1, -0.05) is 24.3 Å². The molecular weight excluding hydrogens is 393 g/mol. The fraction of sp³-hybridized carbons (Fsp3) is 0.364. The molecule has 2 fully saturated rings. The Kier molecular flexibility index (Phi) is 4.18. The lowest BCUT2D eigenvalue weighted by atomic mass is 10.1. The quantitative estimate of drug-likeness (QED) is 0.560. The van der Waals surface area contributed by atoms with Gasteiger partial charge in [0.15, 0.2) is 0 Å². The molecule has 2 atom stereocenters. The highest BCUT2D eigenvalue weighted by Gasteiger charge is 2.52. The van der Waals surface area contributed by atoms with E-state index in [1.165, 1.54) is 0 Å². The molecule has 2 aromatic carbocycles. The molecule has 1 saturated heterocycles. The minimum Gasteiger partial charge on any atom is -0.327 e. The van der Waals surface area contributed by atoms with Crippen molar-refractivity contribution in [1.29, 1.82) is 0 Å². The molecule has 28 heavy (non-hydrogen) atoms. The van der Waals surface area contributed by atoms with Crippen LogP contribution in [0.1, 0.15) is 30.1 Å². The van der Waals surface area contributed by atoms with Crippen LogP contribution >= 0.6 is 23.2 Å². The summed E-state index contributed by atoms with van der Waals surface area (Å²) >= 11 is 12.6. The van der Waals surface area contributed by atoms with Gasteiger partial charge in [-0.05, 0) is 43.2 Å². The van der Waals surface area contributed by atoms with Crippen molar-refractivity contribution in [3.8, 4) is 0 Å². The molecule has 4 nitrogen and oxygen atoms in total. The third kappa shape index (κ3) is 3.09. The van der Waals surface area contributed by atoms with Crippen LogP contribution in [0.25, 0.3) is 11.0 Å². The fourth-order valence-electron chi connectivity index (χ4n) is 4.21. The first kappa shape index (κ1) is 18.0. The first-order chi connectivity index (χ1) is 13.4. The number of carbonyl (C=O) groups is 1. The molecule has 144 valence electrons. The number of aromatic nitrogens is 2. The van der Waals surface area contributed by atoms with Crippen LogP contribution in [0.3, 0.4) is 0 Å². The van der Waals surface area contributed by atoms with Crippen molar-refractivity contribution in [2.75, 3.05) is 11.4 Å². The number of halogens is 2. The maximum atomic E-state index is 12.8. The van der Waals surface area contributed by atoms with Gasteiger partial charge < -0.3 is 9.47 Å². The van der Waals surface area contributed by atoms with Gasteiger partial charge in [0.05, 0.1) is 11.0 Å². The predicted octanol–water partition coefficient (Wildman–Crippen LogP) is 5.06. The van der Waals surface area contributed by atoms with E-state index in [4.69, 9.17) is 28.2 Å². The fourth-order valence-corrected chi connectivity index (χ4v) is 4.72. The zero-order valence-corrected chi connectivity index (χ0v) is 17.1. The van der Waals surface area contributed by atoms with E-state index in [0.29, 0.717) is 13.0 Å². The summed E-state index contributed by atoms with van der Waals surface area (Å²) in [5, 5.41) is 0. The van der Waals surface area contributed by atoms with Gasteiger partial charge in [0.1, 0.15) is 10.2 Å². The highest BCUT2D eigenvalue weighted by atomic mass is 35.5. The number of hydrogen-bond acceptors (Lipinski definition) is 2. The largest absolute Gasteiger partial charge is 0.327 e. The maximum Gasteiger partial charge on any atom is 0.227 e. The van der Waals surface area contributed by atoms with Crippen LogP contribution in [-0.4, -0.2) is 26.3 Å². The Morgan fingerprint density at radius 2 is 1.96 bits per heavy atom. The van der Waals surface area contributed by atoms with E-state index in [2.05, 4.69) is 16.7 Å². The summed E-state index contributed by atoms with van der Waals surface area (Å²) in [6.45, 7) is 3.42. The molecule has 1 saturated carbocycles. The first-order valence-electron chi connectivity index (χ1n) is 9.62. The van der Waals surface area contributed by atoms with Crippen molar-refractivity contribution in [3.63, 3.8) is 0 Å². The summed E-state index contributed by atoms with van der Waals surface area (Å²) < 4.78 is 1.59. The number of benzene rings is 2. The third-order valence-electron chi connectivity index (χ3n) is 5.85. The normalized spacial score (nSPS) is 23.5. The van der Waals surface area contributed by atoms with Crippen LogP contribution in [0.5, 0.6) is 0 Å². The van der Waals surface area contributed by atoms with Crippen molar-refractivity contribution in [2.45, 2.75) is 36.6 Å². The van der Waals surface area contributed by atoms with Crippen LogP contribution in [0.15, 0.2) is 48.5 Å². The molecular formula is C22H21Cl2N3O. The van der Waals surface area contributed by atoms with Gasteiger partial charge in [-0.2, -0.15) is 0 Å². The molecule has 1 aliphatic heterocycles. The maximum absolute atomic E-state index is 12.8. The minimum absolute atomic E-state index is 0.0548. The van der Waals surface area contributed by atoms with Crippen molar-refractivity contribution >= 4 is 45.8 Å². The number of fused-ring (bicyclic) bond motifs is 1. The van der Waals surface area contributed by atoms with E-state index in [1.54, 1.807) is 0 Å². The highest BCUT2D eigenvalue weighted by molar-refractivity contribution is 6.50. The lowest BCUT2D eigenvalue weighted by molar-refractivity contribution is -0.117. The van der Waals surface area contributed by atoms with Crippen molar-refractivity contribution in [2.24, 2.45) is 5.92 Å². The SMILES string of the molecule is Cc1cccc(N2C[C@@H](c3nc4ccccc4n3C[C@@H]3CC3(Cl)Cl)CC2=O)c1. The molecule has 2 heterocycles. The number of para-hydroxylation sites is 2. The Labute approximate surface area is 174 Å². The van der Waals surface area contributed by atoms with Gasteiger partial charge in [-0.3, -0.25) is 4.79 Å². The third-order valence-corrected chi connectivity index (χ3v) is 6.77. The number of alkyl halides is 2. The molecule has 6 heteroatoms. The predicted molar refractivity (Wildman–Crippen MR) is 113 cm³/mol. The second kappa shape index (κ2) is 6.50. The molecule has 0 N–H and O–H groups in total. The number of aryl methyl sites for hydroxylation is 1. The number of rotatable bonds is 4. The molecule has 5 rings (SSSR count). The van der Waals surface area contributed by atoms with Crippen molar-refractivity contribution in [3.05, 3.63) is 59.9 Å². The van der Waals surface area contributed by atoms with Crippen molar-refractivity contribution in [1.82, 2.24) is 9.55 Å². The Morgan fingerprint density at radius 3 is 2.71 bits per heavy atom. The molecule has 0 unspecified atom stereocenters. The standard InChI is InChI=1S/C22H21Cl2N3O/c1-14-5-4-6-17(9-14)26-12-15(10-20(26)28)21-25-18-7-2-3-8-19(18)27(21)13-16-11-22(16,23)24/h2-9,15-16H,10-13H2,1H3/t15-,16-/m0/s1. The second-order valence-electron chi connectivity index (χ2n) is 7.98. The van der Waals surface area contributed by atoms with E-state index in [1.807, 2.05) is 48.2 Å². The number of amides is 1. The smallest absolute Gasteiger partial charge is 0.227 e. The lowest BCUT2D eigenvalue weighted by Gasteiger charge is -2.18. The molecule has 2 aliphatic rings. The summed E-state index contributed by atoms with van der Waals surface area (Å²) in [5.74, 6) is 1.38. The highest BCUT2D eigenvalue weighted by Crippen LogP contribution is 2.54. The second-order valence-corrected chi connectivity index (χ2v) is 9.52. The Balaban J connectivity index is 1.50. The topological polar surface area (TPSA) is 38.1 Å². The van der Waals surface area contributed by atoms with Crippen LogP contribution in [0.2, 0.25) is 0 Å². The Morgan fingerprint density at radius 1 is 1.18 bits per heavy atom. The number of nitrogens with zero attached hydrogens (tertiary/aromatic N) is 3. The van der Waals surface area contributed by atoms with Gasteiger partial charge >= 0.3 is 0 Å². The number of carbonyl (C=O) groups excluding carboxylic acids is 1. The Hall–Kier alpha value is -2.04. The van der Waals surface area contributed by atoms with Gasteiger partial charge in [-0.15, -0.1) is 23.2 Å². The molecule has 1 amide bonds. The zero-order valence-electron chi connectivity index (χ0n) is 15.6. The molecule has 1 aliphatic carbocycles. The summed E-state index contributed by atoms with van der Waals surface area (Å²) in [5.41, 5.74) is 4.14. The van der Waals surface area contributed by atoms with Gasteiger partial charge in [0, 0.05) is 37.0 Å². The molecule has 0 radical (unpaired) electrons. The van der Waals surface area contributed by atoms with E-state index in [9.17, 15) is 4.79 Å². The summed E-state index contributed by atoms with van der Waals surface area (Å²) in [4.78, 5) is 19.6. The summed E-state index contributed by atoms with van der Waals surface area (Å²) in [6, 6.07) is 16.2. The van der Waals surface area contributed by atoms with Gasteiger partial charge in [0.25, 0.3) is 0 Å².